The van der Waals surface area contributed by atoms with Crippen molar-refractivity contribution >= 4 is 36.4 Å². The van der Waals surface area contributed by atoms with E-state index in [1.807, 2.05) is 46.0 Å². The van der Waals surface area contributed by atoms with Crippen LogP contribution in [-0.4, -0.2) is 34.3 Å². The Hall–Kier alpha value is -1.63. The van der Waals surface area contributed by atoms with Gasteiger partial charge in [-0.3, -0.25) is 4.79 Å². The monoisotopic (exact) mass is 359 g/mol. The number of anilines is 1. The van der Waals surface area contributed by atoms with Crippen LogP contribution in [0.4, 0.5) is 5.69 Å². The van der Waals surface area contributed by atoms with Crippen molar-refractivity contribution in [3.63, 3.8) is 0 Å². The molecule has 128 valence electrons. The molecule has 0 aliphatic carbocycles. The number of hydrogen-bond acceptors (Lipinski definition) is 4. The fraction of sp³-hybridized carbons (Fsp3) is 0.400. The molecular formula is C15H23Cl2N5O. The summed E-state index contributed by atoms with van der Waals surface area (Å²) in [6, 6.07) is 5.68. The lowest BCUT2D eigenvalue weighted by Gasteiger charge is -2.11. The molecule has 2 aromatic heterocycles. The van der Waals surface area contributed by atoms with E-state index in [1.54, 1.807) is 10.9 Å². The zero-order valence-corrected chi connectivity index (χ0v) is 15.3. The third-order valence-corrected chi connectivity index (χ3v) is 3.20. The maximum absolute atomic E-state index is 11.9. The Bertz CT molecular complexity index is 627. The average molecular weight is 360 g/mol. The van der Waals surface area contributed by atoms with E-state index in [2.05, 4.69) is 20.7 Å². The van der Waals surface area contributed by atoms with Crippen LogP contribution in [0.1, 0.15) is 18.3 Å². The fourth-order valence-corrected chi connectivity index (χ4v) is 2.11. The molecule has 0 aromatic carbocycles. The predicted molar refractivity (Wildman–Crippen MR) is 97.0 cm³/mol. The first kappa shape index (κ1) is 21.4. The molecule has 0 fully saturated rings. The Kier molecular flexibility index (Phi) is 8.82. The molecule has 2 rings (SSSR count). The first-order valence-corrected chi connectivity index (χ1v) is 6.96. The molecule has 1 amide bonds. The molecule has 2 N–H and O–H groups in total. The first-order chi connectivity index (χ1) is 10.0. The van der Waals surface area contributed by atoms with Gasteiger partial charge < -0.3 is 10.6 Å². The molecule has 0 bridgehead atoms. The summed E-state index contributed by atoms with van der Waals surface area (Å²) in [5.74, 6) is 0.623. The fourth-order valence-electron chi connectivity index (χ4n) is 2.11. The van der Waals surface area contributed by atoms with Crippen molar-refractivity contribution in [3.8, 4) is 5.82 Å². The van der Waals surface area contributed by atoms with Gasteiger partial charge in [0.05, 0.1) is 17.6 Å². The van der Waals surface area contributed by atoms with Crippen LogP contribution < -0.4 is 10.6 Å². The van der Waals surface area contributed by atoms with Crippen LogP contribution in [-0.2, 0) is 4.79 Å². The number of halogens is 2. The van der Waals surface area contributed by atoms with Crippen LogP contribution in [0.3, 0.4) is 0 Å². The minimum absolute atomic E-state index is 0. The van der Waals surface area contributed by atoms with Crippen molar-refractivity contribution in [2.75, 3.05) is 18.9 Å². The molecule has 0 radical (unpaired) electrons. The highest BCUT2D eigenvalue weighted by atomic mass is 35.5. The van der Waals surface area contributed by atoms with E-state index in [0.29, 0.717) is 12.2 Å². The molecule has 2 heterocycles. The lowest BCUT2D eigenvalue weighted by molar-refractivity contribution is -0.119. The number of nitrogens with one attached hydrogen (secondary N) is 2. The summed E-state index contributed by atoms with van der Waals surface area (Å²) in [7, 11) is 1.83. The van der Waals surface area contributed by atoms with Crippen molar-refractivity contribution in [2.45, 2.75) is 20.8 Å². The van der Waals surface area contributed by atoms with Gasteiger partial charge in [-0.1, -0.05) is 6.92 Å². The lowest BCUT2D eigenvalue weighted by atomic mass is 10.1. The van der Waals surface area contributed by atoms with Crippen LogP contribution in [0, 0.1) is 19.8 Å². The smallest absolute Gasteiger partial charge is 0.228 e. The number of aromatic nitrogens is 3. The second kappa shape index (κ2) is 9.50. The normalized spacial score (nSPS) is 11.1. The molecule has 23 heavy (non-hydrogen) atoms. The highest BCUT2D eigenvalue weighted by molar-refractivity contribution is 5.92. The summed E-state index contributed by atoms with van der Waals surface area (Å²) in [5.41, 5.74) is 2.67. The van der Waals surface area contributed by atoms with Gasteiger partial charge in [-0.2, -0.15) is 5.10 Å². The molecule has 6 nitrogen and oxygen atoms in total. The van der Waals surface area contributed by atoms with E-state index in [-0.39, 0.29) is 36.6 Å². The Morgan fingerprint density at radius 2 is 2.00 bits per heavy atom. The Balaban J connectivity index is 0.00000242. The highest BCUT2D eigenvalue weighted by Gasteiger charge is 2.12. The van der Waals surface area contributed by atoms with Gasteiger partial charge in [-0.05, 0) is 39.1 Å². The lowest BCUT2D eigenvalue weighted by Crippen LogP contribution is -2.28. The number of nitrogens with zero attached hydrogens (tertiary/aromatic N) is 3. The molecule has 1 atom stereocenters. The summed E-state index contributed by atoms with van der Waals surface area (Å²) < 4.78 is 1.78. The van der Waals surface area contributed by atoms with Crippen LogP contribution in [0.15, 0.2) is 24.4 Å². The van der Waals surface area contributed by atoms with Crippen LogP contribution >= 0.6 is 24.8 Å². The maximum Gasteiger partial charge on any atom is 0.228 e. The van der Waals surface area contributed by atoms with Gasteiger partial charge in [0.15, 0.2) is 5.82 Å². The van der Waals surface area contributed by atoms with Crippen molar-refractivity contribution in [2.24, 2.45) is 5.92 Å². The molecule has 0 aliphatic rings. The van der Waals surface area contributed by atoms with E-state index in [9.17, 15) is 4.79 Å². The van der Waals surface area contributed by atoms with Gasteiger partial charge in [0.1, 0.15) is 0 Å². The highest BCUT2D eigenvalue weighted by Crippen LogP contribution is 2.13. The number of hydrogen-bond donors (Lipinski definition) is 2. The minimum atomic E-state index is -0.0920. The number of carbonyl (C=O) groups is 1. The average Bonchev–Trinajstić information content (AvgIpc) is 2.79. The third-order valence-electron chi connectivity index (χ3n) is 3.20. The summed E-state index contributed by atoms with van der Waals surface area (Å²) in [6.07, 6.45) is 1.65. The van der Waals surface area contributed by atoms with Gasteiger partial charge in [0.2, 0.25) is 5.91 Å². The van der Waals surface area contributed by atoms with Crippen LogP contribution in [0.5, 0.6) is 0 Å². The summed E-state index contributed by atoms with van der Waals surface area (Å²) in [4.78, 5) is 16.3. The Morgan fingerprint density at radius 1 is 1.30 bits per heavy atom. The maximum atomic E-state index is 11.9. The molecule has 0 saturated heterocycles. The van der Waals surface area contributed by atoms with Crippen LogP contribution in [0.2, 0.25) is 0 Å². The van der Waals surface area contributed by atoms with Gasteiger partial charge in [-0.25, -0.2) is 9.67 Å². The predicted octanol–water partition coefficient (Wildman–Crippen LogP) is 2.52. The molecule has 1 unspecified atom stereocenters. The number of carbonyl (C=O) groups excluding carboxylic acids is 1. The van der Waals surface area contributed by atoms with E-state index >= 15 is 0 Å². The van der Waals surface area contributed by atoms with Crippen LogP contribution in [0.25, 0.3) is 5.82 Å². The Labute approximate surface area is 148 Å². The number of pyridine rings is 1. The van der Waals surface area contributed by atoms with E-state index in [1.165, 1.54) is 0 Å². The van der Waals surface area contributed by atoms with Crippen molar-refractivity contribution in [1.29, 1.82) is 0 Å². The van der Waals surface area contributed by atoms with E-state index in [0.717, 1.165) is 17.2 Å². The SMILES string of the molecule is CNCC(C)C(=O)Nc1ccc(-n2nc(C)cc2C)nc1.Cl.Cl. The van der Waals surface area contributed by atoms with Crippen molar-refractivity contribution in [1.82, 2.24) is 20.1 Å². The van der Waals surface area contributed by atoms with E-state index in [4.69, 9.17) is 0 Å². The summed E-state index contributed by atoms with van der Waals surface area (Å²) >= 11 is 0. The molecule has 8 heteroatoms. The molecule has 0 spiro atoms. The zero-order chi connectivity index (χ0) is 15.4. The quantitative estimate of drug-likeness (QED) is 0.860. The molecule has 0 aliphatic heterocycles. The third kappa shape index (κ3) is 5.49. The van der Waals surface area contributed by atoms with Crippen molar-refractivity contribution in [3.05, 3.63) is 35.8 Å². The number of rotatable bonds is 5. The van der Waals surface area contributed by atoms with Gasteiger partial charge in [0.25, 0.3) is 0 Å². The second-order valence-corrected chi connectivity index (χ2v) is 5.19. The van der Waals surface area contributed by atoms with Gasteiger partial charge in [0, 0.05) is 18.2 Å². The second-order valence-electron chi connectivity index (χ2n) is 5.19. The topological polar surface area (TPSA) is 71.8 Å². The Morgan fingerprint density at radius 3 is 2.48 bits per heavy atom. The first-order valence-electron chi connectivity index (χ1n) is 6.96. The largest absolute Gasteiger partial charge is 0.324 e. The van der Waals surface area contributed by atoms with Gasteiger partial charge in [-0.15, -0.1) is 24.8 Å². The standard InChI is InChI=1S/C15H21N5O.2ClH/c1-10(8-16-4)15(21)18-13-5-6-14(17-9-13)20-12(3)7-11(2)19-20;;/h5-7,9-10,16H,8H2,1-4H3,(H,18,21);2*1H. The van der Waals surface area contributed by atoms with Crippen molar-refractivity contribution < 1.29 is 4.79 Å². The zero-order valence-electron chi connectivity index (χ0n) is 13.7. The molecule has 0 saturated carbocycles. The summed E-state index contributed by atoms with van der Waals surface area (Å²) in [5, 5.41) is 10.2. The minimum Gasteiger partial charge on any atom is -0.324 e. The molecule has 2 aromatic rings. The molecular weight excluding hydrogens is 337 g/mol. The summed E-state index contributed by atoms with van der Waals surface area (Å²) in [6.45, 7) is 6.45. The van der Waals surface area contributed by atoms with E-state index < -0.39 is 0 Å². The van der Waals surface area contributed by atoms with Gasteiger partial charge >= 0.3 is 0 Å². The number of amides is 1. The number of aryl methyl sites for hydroxylation is 2.